The predicted molar refractivity (Wildman–Crippen MR) is 87.6 cm³/mol. The average molecular weight is 319 g/mol. The number of nitrogens with zero attached hydrogens (tertiary/aromatic N) is 1. The molecule has 0 radical (unpaired) electrons. The molecule has 22 heavy (non-hydrogen) atoms. The van der Waals surface area contributed by atoms with Gasteiger partial charge in [0, 0.05) is 19.2 Å². The van der Waals surface area contributed by atoms with Gasteiger partial charge < -0.3 is 4.74 Å². The standard InChI is InChI=1S/C17H21NO3S/c1-13-9-10-14(2)17(11-13)22(19,20)18(3)12-15-7-5-6-8-16(15)21-4/h5-11H,12H2,1-4H3. The van der Waals surface area contributed by atoms with Crippen molar-refractivity contribution in [3.05, 3.63) is 59.2 Å². The predicted octanol–water partition coefficient (Wildman–Crippen LogP) is 3.13. The summed E-state index contributed by atoms with van der Waals surface area (Å²) >= 11 is 0. The Morgan fingerprint density at radius 2 is 1.77 bits per heavy atom. The summed E-state index contributed by atoms with van der Waals surface area (Å²) in [5.74, 6) is 0.686. The molecular weight excluding hydrogens is 298 g/mol. The monoisotopic (exact) mass is 319 g/mol. The molecule has 2 aromatic rings. The minimum atomic E-state index is -3.54. The third kappa shape index (κ3) is 3.31. The molecular formula is C17H21NO3S. The highest BCUT2D eigenvalue weighted by molar-refractivity contribution is 7.89. The van der Waals surface area contributed by atoms with Crippen molar-refractivity contribution in [1.82, 2.24) is 4.31 Å². The van der Waals surface area contributed by atoms with E-state index in [4.69, 9.17) is 4.74 Å². The van der Waals surface area contributed by atoms with Gasteiger partial charge in [-0.25, -0.2) is 8.42 Å². The number of hydrogen-bond donors (Lipinski definition) is 0. The Labute approximate surface area is 132 Å². The van der Waals surface area contributed by atoms with E-state index < -0.39 is 10.0 Å². The molecule has 0 aliphatic carbocycles. The molecule has 0 aliphatic rings. The zero-order valence-electron chi connectivity index (χ0n) is 13.3. The van der Waals surface area contributed by atoms with Gasteiger partial charge in [0.2, 0.25) is 10.0 Å². The first-order chi connectivity index (χ1) is 10.4. The van der Waals surface area contributed by atoms with E-state index in [0.29, 0.717) is 10.6 Å². The number of sulfonamides is 1. The van der Waals surface area contributed by atoms with Gasteiger partial charge in [0.05, 0.1) is 12.0 Å². The SMILES string of the molecule is COc1ccccc1CN(C)S(=O)(=O)c1cc(C)ccc1C. The zero-order chi connectivity index (χ0) is 16.3. The van der Waals surface area contributed by atoms with Gasteiger partial charge in [-0.3, -0.25) is 0 Å². The van der Waals surface area contributed by atoms with Crippen LogP contribution in [-0.2, 0) is 16.6 Å². The quantitative estimate of drug-likeness (QED) is 0.850. The first-order valence-corrected chi connectivity index (χ1v) is 8.45. The third-order valence-electron chi connectivity index (χ3n) is 3.62. The Balaban J connectivity index is 2.35. The minimum absolute atomic E-state index is 0.264. The maximum atomic E-state index is 12.8. The lowest BCUT2D eigenvalue weighted by molar-refractivity contribution is 0.398. The second-order valence-corrected chi connectivity index (χ2v) is 7.36. The van der Waals surface area contributed by atoms with Crippen LogP contribution in [0.4, 0.5) is 0 Å². The van der Waals surface area contributed by atoms with Crippen molar-refractivity contribution in [2.75, 3.05) is 14.2 Å². The van der Waals surface area contributed by atoms with E-state index in [0.717, 1.165) is 16.7 Å². The summed E-state index contributed by atoms with van der Waals surface area (Å²) in [5, 5.41) is 0. The number of rotatable bonds is 5. The summed E-state index contributed by atoms with van der Waals surface area (Å²) in [7, 11) is -0.369. The van der Waals surface area contributed by atoms with E-state index in [1.54, 1.807) is 20.2 Å². The van der Waals surface area contributed by atoms with Crippen molar-refractivity contribution in [1.29, 1.82) is 0 Å². The van der Waals surface area contributed by atoms with E-state index in [9.17, 15) is 8.42 Å². The number of para-hydroxylation sites is 1. The second-order valence-electron chi connectivity index (χ2n) is 5.34. The second kappa shape index (κ2) is 6.50. The van der Waals surface area contributed by atoms with Gasteiger partial charge in [-0.05, 0) is 37.1 Å². The van der Waals surface area contributed by atoms with Gasteiger partial charge in [0.1, 0.15) is 5.75 Å². The van der Waals surface area contributed by atoms with Gasteiger partial charge in [-0.2, -0.15) is 4.31 Å². The van der Waals surface area contributed by atoms with Crippen molar-refractivity contribution in [2.24, 2.45) is 0 Å². The molecule has 2 aromatic carbocycles. The Morgan fingerprint density at radius 1 is 1.09 bits per heavy atom. The van der Waals surface area contributed by atoms with Gasteiger partial charge in [-0.1, -0.05) is 30.3 Å². The van der Waals surface area contributed by atoms with E-state index >= 15 is 0 Å². The lowest BCUT2D eigenvalue weighted by atomic mass is 10.2. The number of hydrogen-bond acceptors (Lipinski definition) is 3. The van der Waals surface area contributed by atoms with E-state index in [2.05, 4.69) is 0 Å². The summed E-state index contributed by atoms with van der Waals surface area (Å²) in [4.78, 5) is 0.352. The van der Waals surface area contributed by atoms with Gasteiger partial charge >= 0.3 is 0 Å². The van der Waals surface area contributed by atoms with Crippen LogP contribution in [0.5, 0.6) is 5.75 Å². The number of benzene rings is 2. The zero-order valence-corrected chi connectivity index (χ0v) is 14.1. The molecule has 0 fully saturated rings. The molecule has 5 heteroatoms. The van der Waals surface area contributed by atoms with Crippen LogP contribution in [0.3, 0.4) is 0 Å². The number of methoxy groups -OCH3 is 1. The first kappa shape index (κ1) is 16.5. The van der Waals surface area contributed by atoms with Crippen molar-refractivity contribution >= 4 is 10.0 Å². The number of aryl methyl sites for hydroxylation is 2. The van der Waals surface area contributed by atoms with E-state index in [1.165, 1.54) is 4.31 Å². The van der Waals surface area contributed by atoms with Crippen LogP contribution in [0, 0.1) is 13.8 Å². The normalized spacial score (nSPS) is 11.7. The lowest BCUT2D eigenvalue weighted by Gasteiger charge is -2.20. The van der Waals surface area contributed by atoms with Crippen LogP contribution in [-0.4, -0.2) is 26.9 Å². The Morgan fingerprint density at radius 3 is 2.45 bits per heavy atom. The smallest absolute Gasteiger partial charge is 0.243 e. The summed E-state index contributed by atoms with van der Waals surface area (Å²) in [6, 6.07) is 12.9. The number of ether oxygens (including phenoxy) is 1. The molecule has 4 nitrogen and oxygen atoms in total. The fourth-order valence-corrected chi connectivity index (χ4v) is 3.77. The third-order valence-corrected chi connectivity index (χ3v) is 5.56. The summed E-state index contributed by atoms with van der Waals surface area (Å²) in [5.41, 5.74) is 2.51. The van der Waals surface area contributed by atoms with Crippen LogP contribution in [0.1, 0.15) is 16.7 Å². The summed E-state index contributed by atoms with van der Waals surface area (Å²) < 4.78 is 32.2. The van der Waals surface area contributed by atoms with Crippen molar-refractivity contribution in [3.63, 3.8) is 0 Å². The maximum absolute atomic E-state index is 12.8. The van der Waals surface area contributed by atoms with E-state index in [1.807, 2.05) is 50.2 Å². The molecule has 0 saturated heterocycles. The van der Waals surface area contributed by atoms with Crippen LogP contribution >= 0.6 is 0 Å². The highest BCUT2D eigenvalue weighted by atomic mass is 32.2. The Kier molecular flexibility index (Phi) is 4.88. The molecule has 0 aromatic heterocycles. The Hall–Kier alpha value is -1.85. The van der Waals surface area contributed by atoms with Crippen molar-refractivity contribution in [2.45, 2.75) is 25.3 Å². The molecule has 0 N–H and O–H groups in total. The van der Waals surface area contributed by atoms with Crippen LogP contribution in [0.25, 0.3) is 0 Å². The first-order valence-electron chi connectivity index (χ1n) is 7.01. The topological polar surface area (TPSA) is 46.6 Å². The fourth-order valence-electron chi connectivity index (χ4n) is 2.31. The van der Waals surface area contributed by atoms with E-state index in [-0.39, 0.29) is 6.54 Å². The highest BCUT2D eigenvalue weighted by Crippen LogP contribution is 2.24. The van der Waals surface area contributed by atoms with Gasteiger partial charge in [-0.15, -0.1) is 0 Å². The molecule has 0 spiro atoms. The molecule has 2 rings (SSSR count). The largest absolute Gasteiger partial charge is 0.496 e. The van der Waals surface area contributed by atoms with Crippen LogP contribution in [0.15, 0.2) is 47.4 Å². The molecule has 0 amide bonds. The lowest BCUT2D eigenvalue weighted by Crippen LogP contribution is -2.27. The molecule has 0 bridgehead atoms. The fraction of sp³-hybridized carbons (Fsp3) is 0.294. The average Bonchev–Trinajstić information content (AvgIpc) is 2.50. The van der Waals surface area contributed by atoms with Crippen molar-refractivity contribution < 1.29 is 13.2 Å². The summed E-state index contributed by atoms with van der Waals surface area (Å²) in [6.07, 6.45) is 0. The van der Waals surface area contributed by atoms with Gasteiger partial charge in [0.15, 0.2) is 0 Å². The van der Waals surface area contributed by atoms with Crippen LogP contribution < -0.4 is 4.74 Å². The highest BCUT2D eigenvalue weighted by Gasteiger charge is 2.23. The Bertz CT molecular complexity index is 769. The summed E-state index contributed by atoms with van der Waals surface area (Å²) in [6.45, 7) is 3.96. The molecule has 0 unspecified atom stereocenters. The van der Waals surface area contributed by atoms with Gasteiger partial charge in [0.25, 0.3) is 0 Å². The molecule has 0 aliphatic heterocycles. The molecule has 118 valence electrons. The molecule has 0 atom stereocenters. The van der Waals surface area contributed by atoms with Crippen LogP contribution in [0.2, 0.25) is 0 Å². The molecule has 0 heterocycles. The maximum Gasteiger partial charge on any atom is 0.243 e. The van der Waals surface area contributed by atoms with Crippen molar-refractivity contribution in [3.8, 4) is 5.75 Å². The minimum Gasteiger partial charge on any atom is -0.496 e. The molecule has 0 saturated carbocycles.